The van der Waals surface area contributed by atoms with E-state index in [1.54, 1.807) is 6.20 Å². The van der Waals surface area contributed by atoms with E-state index < -0.39 is 0 Å². The molecule has 0 spiro atoms. The maximum Gasteiger partial charge on any atom is 0.239 e. The van der Waals surface area contributed by atoms with E-state index in [0.29, 0.717) is 11.8 Å². The molecule has 1 N–H and O–H groups in total. The third-order valence-electron chi connectivity index (χ3n) is 4.20. The summed E-state index contributed by atoms with van der Waals surface area (Å²) in [7, 11) is 0. The van der Waals surface area contributed by atoms with Crippen LogP contribution in [0.3, 0.4) is 0 Å². The second-order valence-electron chi connectivity index (χ2n) is 5.54. The molecule has 2 aliphatic rings. The Morgan fingerprint density at radius 3 is 2.79 bits per heavy atom. The molecule has 3 rings (SSSR count). The number of rotatable bonds is 3. The number of piperidine rings is 1. The highest BCUT2D eigenvalue weighted by Gasteiger charge is 2.29. The number of hydrogen-bond acceptors (Lipinski definition) is 4. The van der Waals surface area contributed by atoms with Gasteiger partial charge in [-0.1, -0.05) is 5.21 Å². The summed E-state index contributed by atoms with van der Waals surface area (Å²) in [6.07, 6.45) is 7.87. The van der Waals surface area contributed by atoms with Crippen LogP contribution in [-0.2, 0) is 11.3 Å². The van der Waals surface area contributed by atoms with Gasteiger partial charge >= 0.3 is 0 Å². The van der Waals surface area contributed by atoms with E-state index in [0.717, 1.165) is 51.9 Å². The van der Waals surface area contributed by atoms with Crippen LogP contribution in [0.25, 0.3) is 0 Å². The van der Waals surface area contributed by atoms with Crippen molar-refractivity contribution in [3.63, 3.8) is 0 Å². The Hall–Kier alpha value is -1.43. The smallest absolute Gasteiger partial charge is 0.239 e. The van der Waals surface area contributed by atoms with E-state index in [9.17, 15) is 4.79 Å². The van der Waals surface area contributed by atoms with Gasteiger partial charge in [0, 0.05) is 25.8 Å². The van der Waals surface area contributed by atoms with Crippen molar-refractivity contribution in [3.8, 4) is 0 Å². The van der Waals surface area contributed by atoms with Crippen molar-refractivity contribution in [2.45, 2.75) is 38.3 Å². The molecule has 0 aliphatic carbocycles. The van der Waals surface area contributed by atoms with Crippen molar-refractivity contribution in [2.24, 2.45) is 5.92 Å². The van der Waals surface area contributed by atoms with Gasteiger partial charge in [0.25, 0.3) is 0 Å². The van der Waals surface area contributed by atoms with Crippen molar-refractivity contribution < 1.29 is 4.79 Å². The summed E-state index contributed by atoms with van der Waals surface area (Å²) in [5.41, 5.74) is 0. The lowest BCUT2D eigenvalue weighted by atomic mass is 9.96. The summed E-state index contributed by atoms with van der Waals surface area (Å²) >= 11 is 0. The molecule has 1 amide bonds. The van der Waals surface area contributed by atoms with Gasteiger partial charge in [0.2, 0.25) is 5.91 Å². The Kier molecular flexibility index (Phi) is 3.77. The summed E-state index contributed by atoms with van der Waals surface area (Å²) in [5, 5.41) is 11.1. The number of carbonyl (C=O) groups excluding carboxylic acids is 1. The summed E-state index contributed by atoms with van der Waals surface area (Å²) in [5.74, 6) is 0.916. The molecular weight excluding hydrogens is 242 g/mol. The minimum absolute atomic E-state index is 0.0758. The van der Waals surface area contributed by atoms with Gasteiger partial charge in [-0.15, -0.1) is 5.10 Å². The van der Waals surface area contributed by atoms with Crippen LogP contribution in [0.2, 0.25) is 0 Å². The summed E-state index contributed by atoms with van der Waals surface area (Å²) in [6, 6.07) is 0.0758. The molecule has 6 nitrogen and oxygen atoms in total. The highest BCUT2D eigenvalue weighted by molar-refractivity contribution is 5.82. The first kappa shape index (κ1) is 12.6. The van der Waals surface area contributed by atoms with Crippen LogP contribution in [0.5, 0.6) is 0 Å². The highest BCUT2D eigenvalue weighted by atomic mass is 16.2. The summed E-state index contributed by atoms with van der Waals surface area (Å²) < 4.78 is 1.89. The number of amides is 1. The van der Waals surface area contributed by atoms with Gasteiger partial charge in [0.1, 0.15) is 0 Å². The summed E-state index contributed by atoms with van der Waals surface area (Å²) in [4.78, 5) is 14.3. The molecule has 0 aromatic carbocycles. The van der Waals surface area contributed by atoms with Crippen molar-refractivity contribution in [1.29, 1.82) is 0 Å². The minimum atomic E-state index is 0.0758. The number of nitrogens with zero attached hydrogens (tertiary/aromatic N) is 4. The molecule has 2 fully saturated rings. The largest absolute Gasteiger partial charge is 0.341 e. The second-order valence-corrected chi connectivity index (χ2v) is 5.54. The fraction of sp³-hybridized carbons (Fsp3) is 0.769. The van der Waals surface area contributed by atoms with E-state index in [-0.39, 0.29) is 6.04 Å². The predicted molar refractivity (Wildman–Crippen MR) is 70.4 cm³/mol. The van der Waals surface area contributed by atoms with Gasteiger partial charge in [-0.05, 0) is 38.1 Å². The number of nitrogens with one attached hydrogen (secondary N) is 1. The molecule has 1 aromatic heterocycles. The highest BCUT2D eigenvalue weighted by Crippen LogP contribution is 2.20. The average Bonchev–Trinajstić information content (AvgIpc) is 3.12. The molecule has 0 bridgehead atoms. The SMILES string of the molecule is O=C(C1CCCN1)N1CCC(Cn2ccnn2)CC1. The lowest BCUT2D eigenvalue weighted by Crippen LogP contribution is -2.47. The van der Waals surface area contributed by atoms with Gasteiger partial charge < -0.3 is 10.2 Å². The quantitative estimate of drug-likeness (QED) is 0.850. The molecule has 2 aliphatic heterocycles. The van der Waals surface area contributed by atoms with E-state index in [4.69, 9.17) is 0 Å². The second kappa shape index (κ2) is 5.69. The molecule has 3 heterocycles. The van der Waals surface area contributed by atoms with Crippen LogP contribution >= 0.6 is 0 Å². The van der Waals surface area contributed by atoms with Gasteiger partial charge in [-0.3, -0.25) is 9.48 Å². The van der Waals surface area contributed by atoms with Crippen LogP contribution in [0.1, 0.15) is 25.7 Å². The Morgan fingerprint density at radius 2 is 2.16 bits per heavy atom. The molecule has 104 valence electrons. The van der Waals surface area contributed by atoms with Gasteiger partial charge in [-0.25, -0.2) is 0 Å². The standard InChI is InChI=1S/C13H21N5O/c19-13(12-2-1-5-14-12)17-7-3-11(4-8-17)10-18-9-6-15-16-18/h6,9,11-12,14H,1-5,7-8,10H2. The Labute approximate surface area is 113 Å². The first-order chi connectivity index (χ1) is 9.33. The fourth-order valence-corrected chi connectivity index (χ4v) is 3.05. The molecule has 2 saturated heterocycles. The van der Waals surface area contributed by atoms with Crippen molar-refractivity contribution in [3.05, 3.63) is 12.4 Å². The minimum Gasteiger partial charge on any atom is -0.341 e. The molecular formula is C13H21N5O. The molecule has 0 radical (unpaired) electrons. The molecule has 1 aromatic rings. The van der Waals surface area contributed by atoms with Gasteiger partial charge in [0.15, 0.2) is 0 Å². The molecule has 1 atom stereocenters. The van der Waals surface area contributed by atoms with Crippen molar-refractivity contribution in [2.75, 3.05) is 19.6 Å². The summed E-state index contributed by atoms with van der Waals surface area (Å²) in [6.45, 7) is 3.68. The lowest BCUT2D eigenvalue weighted by Gasteiger charge is -2.33. The van der Waals surface area contributed by atoms with E-state index in [1.807, 2.05) is 15.8 Å². The normalized spacial score (nSPS) is 24.8. The van der Waals surface area contributed by atoms with Crippen LogP contribution in [0.4, 0.5) is 0 Å². The average molecular weight is 263 g/mol. The van der Waals surface area contributed by atoms with Gasteiger partial charge in [-0.2, -0.15) is 0 Å². The fourth-order valence-electron chi connectivity index (χ4n) is 3.05. The predicted octanol–water partition coefficient (Wildman–Crippen LogP) is 0.269. The molecule has 1 unspecified atom stereocenters. The number of carbonyl (C=O) groups is 1. The van der Waals surface area contributed by atoms with Crippen LogP contribution in [-0.4, -0.2) is 51.5 Å². The zero-order valence-electron chi connectivity index (χ0n) is 11.2. The van der Waals surface area contributed by atoms with Crippen LogP contribution in [0.15, 0.2) is 12.4 Å². The van der Waals surface area contributed by atoms with Gasteiger partial charge in [0.05, 0.1) is 12.2 Å². The van der Waals surface area contributed by atoms with Crippen LogP contribution < -0.4 is 5.32 Å². The zero-order valence-corrected chi connectivity index (χ0v) is 11.2. The van der Waals surface area contributed by atoms with Crippen LogP contribution in [0, 0.1) is 5.92 Å². The monoisotopic (exact) mass is 263 g/mol. The Bertz CT molecular complexity index is 405. The van der Waals surface area contributed by atoms with Crippen molar-refractivity contribution >= 4 is 5.91 Å². The third-order valence-corrected chi connectivity index (χ3v) is 4.20. The van der Waals surface area contributed by atoms with E-state index in [1.165, 1.54) is 0 Å². The maximum atomic E-state index is 12.3. The van der Waals surface area contributed by atoms with E-state index >= 15 is 0 Å². The lowest BCUT2D eigenvalue weighted by molar-refractivity contribution is -0.134. The maximum absolute atomic E-state index is 12.3. The topological polar surface area (TPSA) is 63.1 Å². The third kappa shape index (κ3) is 2.94. The molecule has 19 heavy (non-hydrogen) atoms. The molecule has 6 heteroatoms. The molecule has 0 saturated carbocycles. The van der Waals surface area contributed by atoms with Crippen molar-refractivity contribution in [1.82, 2.24) is 25.2 Å². The van der Waals surface area contributed by atoms with E-state index in [2.05, 4.69) is 15.6 Å². The first-order valence-corrected chi connectivity index (χ1v) is 7.19. The number of hydrogen-bond donors (Lipinski definition) is 1. The first-order valence-electron chi connectivity index (χ1n) is 7.19. The Morgan fingerprint density at radius 1 is 1.32 bits per heavy atom. The zero-order chi connectivity index (χ0) is 13.1. The number of likely N-dealkylation sites (tertiary alicyclic amines) is 1. The number of aromatic nitrogens is 3. The Balaban J connectivity index is 1.47.